The summed E-state index contributed by atoms with van der Waals surface area (Å²) >= 11 is 0. The zero-order chi connectivity index (χ0) is 12.2. The lowest BCUT2D eigenvalue weighted by Gasteiger charge is -2.26. The van der Waals surface area contributed by atoms with Crippen LogP contribution in [-0.2, 0) is 6.42 Å². The average Bonchev–Trinajstić information content (AvgIpc) is 2.20. The molecular formula is C14H24OSi. The van der Waals surface area contributed by atoms with Gasteiger partial charge in [0.05, 0.1) is 0 Å². The molecule has 0 aromatic heterocycles. The van der Waals surface area contributed by atoms with Crippen molar-refractivity contribution in [3.8, 4) is 5.75 Å². The van der Waals surface area contributed by atoms with E-state index >= 15 is 0 Å². The Labute approximate surface area is 101 Å². The van der Waals surface area contributed by atoms with Gasteiger partial charge in [-0.15, -0.1) is 0 Å². The second-order valence-electron chi connectivity index (χ2n) is 5.63. The second-order valence-corrected chi connectivity index (χ2v) is 11.3. The summed E-state index contributed by atoms with van der Waals surface area (Å²) in [6, 6.07) is 9.03. The summed E-state index contributed by atoms with van der Waals surface area (Å²) in [5.74, 6) is 0.450. The van der Waals surface area contributed by atoms with Crippen LogP contribution in [-0.4, -0.2) is 13.2 Å². The molecule has 0 saturated heterocycles. The molecule has 0 heterocycles. The minimum absolute atomic E-state index is 0.450. The van der Waals surface area contributed by atoms with E-state index in [0.717, 1.165) is 17.5 Å². The quantitative estimate of drug-likeness (QED) is 0.749. The fraction of sp³-hybridized carbons (Fsp3) is 0.571. The van der Waals surface area contributed by atoms with Gasteiger partial charge in [-0.1, -0.05) is 63.1 Å². The summed E-state index contributed by atoms with van der Waals surface area (Å²) in [4.78, 5) is 0. The average molecular weight is 236 g/mol. The van der Waals surface area contributed by atoms with Gasteiger partial charge in [0.2, 0.25) is 0 Å². The molecule has 1 rings (SSSR count). The fourth-order valence-electron chi connectivity index (χ4n) is 1.75. The number of benzene rings is 1. The van der Waals surface area contributed by atoms with Crippen LogP contribution in [0.15, 0.2) is 24.3 Å². The number of rotatable bonds is 5. The lowest BCUT2D eigenvalue weighted by molar-refractivity contribution is 0.467. The van der Waals surface area contributed by atoms with E-state index in [1.54, 1.807) is 6.07 Å². The summed E-state index contributed by atoms with van der Waals surface area (Å²) in [6.45, 7) is 9.60. The van der Waals surface area contributed by atoms with E-state index in [9.17, 15) is 5.11 Å². The van der Waals surface area contributed by atoms with Crippen LogP contribution in [0.25, 0.3) is 0 Å². The van der Waals surface area contributed by atoms with Gasteiger partial charge in [-0.05, 0) is 18.1 Å². The summed E-state index contributed by atoms with van der Waals surface area (Å²) in [5, 5.41) is 9.66. The molecule has 0 fully saturated rings. The van der Waals surface area contributed by atoms with Crippen LogP contribution in [0.5, 0.6) is 5.75 Å². The molecular weight excluding hydrogens is 212 g/mol. The Morgan fingerprint density at radius 3 is 2.38 bits per heavy atom. The molecule has 1 nitrogen and oxygen atoms in total. The third-order valence-electron chi connectivity index (χ3n) is 3.82. The third-order valence-corrected chi connectivity index (χ3v) is 8.59. The van der Waals surface area contributed by atoms with Gasteiger partial charge in [-0.3, -0.25) is 0 Å². The van der Waals surface area contributed by atoms with Crippen LogP contribution in [0.3, 0.4) is 0 Å². The predicted octanol–water partition coefficient (Wildman–Crippen LogP) is 4.44. The Morgan fingerprint density at radius 2 is 1.81 bits per heavy atom. The van der Waals surface area contributed by atoms with E-state index in [-0.39, 0.29) is 0 Å². The Bertz CT molecular complexity index is 331. The topological polar surface area (TPSA) is 20.2 Å². The number of para-hydroxylation sites is 1. The summed E-state index contributed by atoms with van der Waals surface area (Å²) in [6.07, 6.45) is 2.21. The van der Waals surface area contributed by atoms with E-state index in [1.165, 1.54) is 12.5 Å². The van der Waals surface area contributed by atoms with Crippen molar-refractivity contribution in [2.24, 2.45) is 0 Å². The minimum Gasteiger partial charge on any atom is -0.508 e. The molecule has 16 heavy (non-hydrogen) atoms. The monoisotopic (exact) mass is 236 g/mol. The minimum atomic E-state index is -1.03. The van der Waals surface area contributed by atoms with Crippen molar-refractivity contribution in [3.05, 3.63) is 29.8 Å². The van der Waals surface area contributed by atoms with Crippen LogP contribution in [0, 0.1) is 0 Å². The van der Waals surface area contributed by atoms with E-state index in [0.29, 0.717) is 5.75 Å². The lowest BCUT2D eigenvalue weighted by atomic mass is 10.1. The van der Waals surface area contributed by atoms with E-state index in [4.69, 9.17) is 0 Å². The normalized spacial score (nSPS) is 12.1. The smallest absolute Gasteiger partial charge is 0.118 e. The van der Waals surface area contributed by atoms with Crippen LogP contribution in [0.1, 0.15) is 25.8 Å². The first kappa shape index (κ1) is 13.3. The molecule has 1 aromatic carbocycles. The zero-order valence-corrected chi connectivity index (χ0v) is 12.0. The molecule has 0 radical (unpaired) electrons. The molecule has 0 atom stereocenters. The SMILES string of the molecule is CC(C)[Si](C)(C)CCCc1ccccc1O. The highest BCUT2D eigenvalue weighted by Gasteiger charge is 2.23. The molecule has 0 amide bonds. The van der Waals surface area contributed by atoms with Crippen LogP contribution < -0.4 is 0 Å². The first-order valence-electron chi connectivity index (χ1n) is 6.20. The molecule has 2 heteroatoms. The maximum absolute atomic E-state index is 9.66. The molecule has 0 aliphatic rings. The highest BCUT2D eigenvalue weighted by molar-refractivity contribution is 6.78. The Balaban J connectivity index is 2.45. The number of phenols is 1. The molecule has 0 aliphatic heterocycles. The number of aromatic hydroxyl groups is 1. The molecule has 0 unspecified atom stereocenters. The first-order chi connectivity index (χ1) is 7.43. The fourth-order valence-corrected chi connectivity index (χ4v) is 3.41. The summed E-state index contributed by atoms with van der Waals surface area (Å²) in [5.41, 5.74) is 1.94. The van der Waals surface area contributed by atoms with Gasteiger partial charge in [0, 0.05) is 8.07 Å². The standard InChI is InChI=1S/C14H24OSi/c1-12(2)16(3,4)11-7-9-13-8-5-6-10-14(13)15/h5-6,8,10,12,15H,7,9,11H2,1-4H3. The Morgan fingerprint density at radius 1 is 1.19 bits per heavy atom. The van der Waals surface area contributed by atoms with E-state index in [2.05, 4.69) is 26.9 Å². The maximum Gasteiger partial charge on any atom is 0.118 e. The van der Waals surface area contributed by atoms with Gasteiger partial charge in [-0.25, -0.2) is 0 Å². The van der Waals surface area contributed by atoms with Crippen LogP contribution >= 0.6 is 0 Å². The number of hydrogen-bond acceptors (Lipinski definition) is 1. The largest absolute Gasteiger partial charge is 0.508 e. The summed E-state index contributed by atoms with van der Waals surface area (Å²) in [7, 11) is -1.03. The lowest BCUT2D eigenvalue weighted by Crippen LogP contribution is -2.29. The van der Waals surface area contributed by atoms with Crippen molar-refractivity contribution in [1.29, 1.82) is 0 Å². The maximum atomic E-state index is 9.66. The number of aryl methyl sites for hydroxylation is 1. The van der Waals surface area contributed by atoms with Gasteiger partial charge >= 0.3 is 0 Å². The predicted molar refractivity (Wildman–Crippen MR) is 73.8 cm³/mol. The van der Waals surface area contributed by atoms with Crippen molar-refractivity contribution in [2.45, 2.75) is 51.4 Å². The van der Waals surface area contributed by atoms with Gasteiger partial charge < -0.3 is 5.11 Å². The molecule has 0 aliphatic carbocycles. The van der Waals surface area contributed by atoms with E-state index < -0.39 is 8.07 Å². The third kappa shape index (κ3) is 3.67. The van der Waals surface area contributed by atoms with Crippen molar-refractivity contribution in [3.63, 3.8) is 0 Å². The van der Waals surface area contributed by atoms with Crippen LogP contribution in [0.2, 0.25) is 24.7 Å². The summed E-state index contributed by atoms with van der Waals surface area (Å²) < 4.78 is 0. The van der Waals surface area contributed by atoms with E-state index in [1.807, 2.05) is 18.2 Å². The molecule has 0 spiro atoms. The molecule has 90 valence electrons. The Hall–Kier alpha value is -0.763. The highest BCUT2D eigenvalue weighted by Crippen LogP contribution is 2.27. The highest BCUT2D eigenvalue weighted by atomic mass is 28.3. The molecule has 0 bridgehead atoms. The first-order valence-corrected chi connectivity index (χ1v) is 9.49. The zero-order valence-electron chi connectivity index (χ0n) is 11.0. The van der Waals surface area contributed by atoms with Crippen molar-refractivity contribution < 1.29 is 5.11 Å². The molecule has 0 saturated carbocycles. The van der Waals surface area contributed by atoms with Gasteiger partial charge in [0.25, 0.3) is 0 Å². The van der Waals surface area contributed by atoms with Gasteiger partial charge in [-0.2, -0.15) is 0 Å². The van der Waals surface area contributed by atoms with Gasteiger partial charge in [0.15, 0.2) is 0 Å². The van der Waals surface area contributed by atoms with Crippen molar-refractivity contribution in [2.75, 3.05) is 0 Å². The Kier molecular flexibility index (Phi) is 4.60. The molecule has 1 N–H and O–H groups in total. The van der Waals surface area contributed by atoms with Crippen molar-refractivity contribution in [1.82, 2.24) is 0 Å². The molecule has 1 aromatic rings. The number of hydrogen-bond donors (Lipinski definition) is 1. The van der Waals surface area contributed by atoms with Crippen LogP contribution in [0.4, 0.5) is 0 Å². The second kappa shape index (κ2) is 5.53. The van der Waals surface area contributed by atoms with Crippen molar-refractivity contribution >= 4 is 8.07 Å². The van der Waals surface area contributed by atoms with Gasteiger partial charge in [0.1, 0.15) is 5.75 Å². The number of phenolic OH excluding ortho intramolecular Hbond substituents is 1.